The van der Waals surface area contributed by atoms with Crippen molar-refractivity contribution in [3.05, 3.63) is 70.8 Å². The van der Waals surface area contributed by atoms with Gasteiger partial charge in [-0.25, -0.2) is 9.98 Å². The molecular weight excluding hydrogens is 843 g/mol. The number of benzene rings is 2. The molecule has 0 saturated heterocycles. The minimum atomic E-state index is 0. The van der Waals surface area contributed by atoms with Gasteiger partial charge in [-0.1, -0.05) is 126 Å². The van der Waals surface area contributed by atoms with E-state index in [4.69, 9.17) is 19.5 Å². The van der Waals surface area contributed by atoms with E-state index in [0.717, 1.165) is 11.8 Å². The third-order valence-corrected chi connectivity index (χ3v) is 12.9. The van der Waals surface area contributed by atoms with Gasteiger partial charge in [0.25, 0.3) is 0 Å². The van der Waals surface area contributed by atoms with Gasteiger partial charge in [0.1, 0.15) is 24.3 Å². The molecule has 4 atom stereocenters. The Hall–Kier alpha value is -0.998. The van der Waals surface area contributed by atoms with E-state index >= 15 is 0 Å². The summed E-state index contributed by atoms with van der Waals surface area (Å²) < 4.78 is 13.8. The van der Waals surface area contributed by atoms with Crippen LogP contribution >= 0.6 is 0 Å². The fourth-order valence-electron chi connectivity index (χ4n) is 10.3. The Morgan fingerprint density at radius 3 is 1.18 bits per heavy atom. The molecule has 0 amide bonds. The zero-order chi connectivity index (χ0) is 31.4. The molecule has 8 rings (SSSR count). The molecule has 4 nitrogen and oxygen atoms in total. The number of hydrogen-bond donors (Lipinski definition) is 0. The second kappa shape index (κ2) is 19.4. The molecule has 7 heteroatoms. The molecule has 4 aliphatic carbocycles. The van der Waals surface area contributed by atoms with Gasteiger partial charge in [-0.05, 0) is 97.3 Å². The maximum absolute atomic E-state index is 6.92. The summed E-state index contributed by atoms with van der Waals surface area (Å²) in [5, 5.41) is 0. The van der Waals surface area contributed by atoms with Crippen molar-refractivity contribution in [2.24, 2.45) is 21.8 Å². The molecule has 6 aliphatic rings. The van der Waals surface area contributed by atoms with Gasteiger partial charge in [-0.15, -0.1) is 0 Å². The summed E-state index contributed by atoms with van der Waals surface area (Å²) in [6, 6.07) is 19.1. The molecule has 0 bridgehead atoms. The van der Waals surface area contributed by atoms with Gasteiger partial charge >= 0.3 is 20.4 Å². The van der Waals surface area contributed by atoms with Crippen molar-refractivity contribution in [1.82, 2.24) is 0 Å². The van der Waals surface area contributed by atoms with Crippen molar-refractivity contribution in [3.63, 3.8) is 0 Å². The average Bonchev–Trinajstić information content (AvgIpc) is 3.78. The molecule has 4 saturated carbocycles. The predicted molar refractivity (Wildman–Crippen MR) is 192 cm³/mol. The van der Waals surface area contributed by atoms with Gasteiger partial charge in [-0.2, -0.15) is 0 Å². The summed E-state index contributed by atoms with van der Waals surface area (Å²) in [4.78, 5) is 10.8. The maximum atomic E-state index is 6.92. The molecule has 276 valence electrons. The van der Waals surface area contributed by atoms with Crippen LogP contribution in [-0.4, -0.2) is 24.0 Å². The van der Waals surface area contributed by atoms with Gasteiger partial charge in [0.2, 0.25) is 0 Å². The van der Waals surface area contributed by atoms with E-state index in [2.05, 4.69) is 48.5 Å². The van der Waals surface area contributed by atoms with Crippen LogP contribution in [0.2, 0.25) is 0 Å². The summed E-state index contributed by atoms with van der Waals surface area (Å²) in [5.74, 6) is 4.26. The molecule has 2 aromatic rings. The molecule has 2 unspecified atom stereocenters. The molecule has 2 aromatic carbocycles. The summed E-state index contributed by atoms with van der Waals surface area (Å²) in [6.45, 7) is 0. The number of rotatable bonds is 8. The quantitative estimate of drug-likeness (QED) is 0.319. The number of nitrogens with zero attached hydrogens (tertiary/aromatic N) is 2. The summed E-state index contributed by atoms with van der Waals surface area (Å²) in [5.41, 5.74) is 5.74. The van der Waals surface area contributed by atoms with Crippen molar-refractivity contribution in [2.45, 2.75) is 171 Å². The van der Waals surface area contributed by atoms with Gasteiger partial charge in [0.15, 0.2) is 11.8 Å². The topological polar surface area (TPSA) is 43.2 Å². The molecule has 0 spiro atoms. The number of ether oxygens (including phenoxy) is 2. The Bertz CT molecular complexity index is 1300. The van der Waals surface area contributed by atoms with Crippen molar-refractivity contribution in [1.29, 1.82) is 0 Å². The van der Waals surface area contributed by atoms with E-state index in [1.165, 1.54) is 151 Å². The van der Waals surface area contributed by atoms with Crippen LogP contribution in [0, 0.1) is 11.8 Å². The average molecular weight is 901 g/mol. The van der Waals surface area contributed by atoms with Crippen LogP contribution in [0.4, 0.5) is 0 Å². The molecule has 50 heavy (non-hydrogen) atoms. The van der Waals surface area contributed by atoms with Crippen LogP contribution in [0.5, 0.6) is 0 Å². The first kappa shape index (κ1) is 40.2. The Morgan fingerprint density at radius 1 is 0.460 bits per heavy atom. The number of halogens is 2. The van der Waals surface area contributed by atoms with Gasteiger partial charge < -0.3 is 43.4 Å². The van der Waals surface area contributed by atoms with Crippen LogP contribution in [0.15, 0.2) is 58.5 Å². The smallest absolute Gasteiger partial charge is 1.00 e. The molecule has 2 heterocycles. The van der Waals surface area contributed by atoms with Crippen LogP contribution < -0.4 is 34.0 Å². The molecule has 0 radical (unpaired) electrons. The summed E-state index contributed by atoms with van der Waals surface area (Å²) in [7, 11) is 0. The van der Waals surface area contributed by atoms with E-state index in [9.17, 15) is 0 Å². The van der Waals surface area contributed by atoms with Gasteiger partial charge in [0.05, 0.1) is 6.42 Å². The Labute approximate surface area is 337 Å². The Balaban J connectivity index is 0.00000162. The van der Waals surface area contributed by atoms with Crippen LogP contribution in [-0.2, 0) is 29.9 Å². The van der Waals surface area contributed by atoms with E-state index < -0.39 is 0 Å². The van der Waals surface area contributed by atoms with E-state index in [1.54, 1.807) is 0 Å². The van der Waals surface area contributed by atoms with Gasteiger partial charge in [-0.3, -0.25) is 0 Å². The Morgan fingerprint density at radius 2 is 0.800 bits per heavy atom. The monoisotopic (exact) mass is 898 g/mol. The van der Waals surface area contributed by atoms with E-state index in [-0.39, 0.29) is 78.7 Å². The van der Waals surface area contributed by atoms with Gasteiger partial charge in [0, 0.05) is 0 Å². The molecule has 2 aliphatic heterocycles. The third-order valence-electron chi connectivity index (χ3n) is 12.9. The largest absolute Gasteiger partial charge is 2.00 e. The fraction of sp³-hybridized carbons (Fsp3) is 0.674. The zero-order valence-corrected chi connectivity index (χ0v) is 34.6. The minimum absolute atomic E-state index is 0. The van der Waals surface area contributed by atoms with Crippen molar-refractivity contribution < 1.29 is 63.9 Å². The predicted octanol–water partition coefficient (Wildman–Crippen LogP) is 5.72. The SMILES string of the molecule is [Br-].[Br-].[Pd+2].c1cc(C2CCCCC2)cc([C@H]2N=C(CC3=N[C@H](c4cccc(C5CCCCC5)c4)C(C4CCCCC4)O3)OC2C2CCCCC2)c1. The second-order valence-electron chi connectivity index (χ2n) is 16.1. The molecule has 4 fully saturated rings. The molecular formula is C43H58Br2N2O2Pd. The summed E-state index contributed by atoms with van der Waals surface area (Å²) in [6.07, 6.45) is 27.4. The first-order valence-corrected chi connectivity index (χ1v) is 19.9. The minimum Gasteiger partial charge on any atom is -1.00 e. The summed E-state index contributed by atoms with van der Waals surface area (Å²) >= 11 is 0. The first-order valence-electron chi connectivity index (χ1n) is 19.9. The standard InChI is InChI=1S/C43H58N2O2.2BrH.Pd/c1-5-15-30(16-6-1)34-23-13-25-36(27-34)40-42(32-19-9-3-10-20-32)46-38(44-40)29-39-45-41(43(47-39)33-21-11-4-12-22-33)37-26-14-24-35(28-37)31-17-7-2-8-18-31;;;/h13-14,23-28,30-33,40-43H,1-12,15-22,29H2;2*1H;/q;;;+2/p-2/t40-,41-,42?,43?;;;/m1.../s1. The first-order chi connectivity index (χ1) is 23.3. The Kier molecular flexibility index (Phi) is 15.6. The van der Waals surface area contributed by atoms with Crippen LogP contribution in [0.3, 0.4) is 0 Å². The fourth-order valence-corrected chi connectivity index (χ4v) is 10.3. The number of aliphatic imine (C=N–C) groups is 2. The third kappa shape index (κ3) is 9.38. The van der Waals surface area contributed by atoms with Crippen molar-refractivity contribution in [3.8, 4) is 0 Å². The van der Waals surface area contributed by atoms with Crippen molar-refractivity contribution >= 4 is 11.8 Å². The van der Waals surface area contributed by atoms with Crippen LogP contribution in [0.1, 0.15) is 181 Å². The van der Waals surface area contributed by atoms with Crippen LogP contribution in [0.25, 0.3) is 0 Å². The molecule has 0 aromatic heterocycles. The number of hydrogen-bond acceptors (Lipinski definition) is 4. The van der Waals surface area contributed by atoms with E-state index in [1.807, 2.05) is 0 Å². The normalized spacial score (nSPS) is 28.2. The van der Waals surface area contributed by atoms with Crippen molar-refractivity contribution in [2.75, 3.05) is 0 Å². The zero-order valence-electron chi connectivity index (χ0n) is 29.9. The van der Waals surface area contributed by atoms with E-state index in [0.29, 0.717) is 30.1 Å². The second-order valence-corrected chi connectivity index (χ2v) is 16.1. The molecule has 0 N–H and O–H groups in total. The maximum Gasteiger partial charge on any atom is 2.00 e.